The summed E-state index contributed by atoms with van der Waals surface area (Å²) >= 11 is 8.15. The number of rotatable bonds is 6. The number of benzene rings is 1. The number of ether oxygens (including phenoxy) is 1. The molecule has 2 aromatic rings. The maximum absolute atomic E-state index is 6.44. The molecule has 0 amide bonds. The Bertz CT molecular complexity index is 550. The van der Waals surface area contributed by atoms with Crippen LogP contribution in [0, 0.1) is 6.92 Å². The lowest BCUT2D eigenvalue weighted by Gasteiger charge is -2.19. The molecule has 1 heterocycles. The van der Waals surface area contributed by atoms with E-state index in [4.69, 9.17) is 16.3 Å². The SMILES string of the molecule is CCCNC(c1ccc(OC)cc1)c1scc(C)c1Cl. The van der Waals surface area contributed by atoms with E-state index in [1.54, 1.807) is 18.4 Å². The van der Waals surface area contributed by atoms with E-state index in [0.717, 1.165) is 29.3 Å². The van der Waals surface area contributed by atoms with Gasteiger partial charge in [-0.1, -0.05) is 30.7 Å². The molecular formula is C16H20ClNOS. The van der Waals surface area contributed by atoms with Gasteiger partial charge in [-0.15, -0.1) is 11.3 Å². The van der Waals surface area contributed by atoms with Gasteiger partial charge in [-0.05, 0) is 48.5 Å². The van der Waals surface area contributed by atoms with Gasteiger partial charge in [-0.3, -0.25) is 0 Å². The highest BCUT2D eigenvalue weighted by atomic mass is 35.5. The largest absolute Gasteiger partial charge is 0.497 e. The molecule has 0 aliphatic heterocycles. The van der Waals surface area contributed by atoms with Crippen LogP contribution in [-0.2, 0) is 0 Å². The fraction of sp³-hybridized carbons (Fsp3) is 0.375. The molecule has 2 nitrogen and oxygen atoms in total. The van der Waals surface area contributed by atoms with E-state index in [-0.39, 0.29) is 6.04 Å². The van der Waals surface area contributed by atoms with Crippen LogP contribution in [0.5, 0.6) is 5.75 Å². The summed E-state index contributed by atoms with van der Waals surface area (Å²) in [4.78, 5) is 1.18. The summed E-state index contributed by atoms with van der Waals surface area (Å²) in [5, 5.41) is 6.57. The van der Waals surface area contributed by atoms with E-state index in [2.05, 4.69) is 29.8 Å². The third kappa shape index (κ3) is 3.35. The van der Waals surface area contributed by atoms with Crippen molar-refractivity contribution in [2.24, 2.45) is 0 Å². The number of halogens is 1. The maximum atomic E-state index is 6.44. The molecule has 0 fully saturated rings. The van der Waals surface area contributed by atoms with Crippen molar-refractivity contribution in [3.8, 4) is 5.75 Å². The average Bonchev–Trinajstić information content (AvgIpc) is 2.81. The van der Waals surface area contributed by atoms with Crippen LogP contribution in [0.25, 0.3) is 0 Å². The molecule has 0 bridgehead atoms. The van der Waals surface area contributed by atoms with E-state index in [1.807, 2.05) is 19.1 Å². The highest BCUT2D eigenvalue weighted by Crippen LogP contribution is 2.36. The van der Waals surface area contributed by atoms with Crippen LogP contribution in [-0.4, -0.2) is 13.7 Å². The third-order valence-corrected chi connectivity index (χ3v) is 5.01. The number of nitrogens with one attached hydrogen (secondary N) is 1. The first-order chi connectivity index (χ1) is 9.67. The lowest BCUT2D eigenvalue weighted by Crippen LogP contribution is -2.22. The summed E-state index contributed by atoms with van der Waals surface area (Å²) in [7, 11) is 1.68. The molecule has 20 heavy (non-hydrogen) atoms. The number of aryl methyl sites for hydroxylation is 1. The topological polar surface area (TPSA) is 21.3 Å². The minimum Gasteiger partial charge on any atom is -0.497 e. The fourth-order valence-electron chi connectivity index (χ4n) is 2.09. The monoisotopic (exact) mass is 309 g/mol. The zero-order chi connectivity index (χ0) is 14.5. The van der Waals surface area contributed by atoms with Crippen LogP contribution < -0.4 is 10.1 Å². The van der Waals surface area contributed by atoms with Gasteiger partial charge >= 0.3 is 0 Å². The molecule has 0 saturated carbocycles. The third-order valence-electron chi connectivity index (χ3n) is 3.23. The van der Waals surface area contributed by atoms with Crippen molar-refractivity contribution in [2.45, 2.75) is 26.3 Å². The zero-order valence-electron chi connectivity index (χ0n) is 12.1. The van der Waals surface area contributed by atoms with Crippen LogP contribution in [0.3, 0.4) is 0 Å². The van der Waals surface area contributed by atoms with Gasteiger partial charge in [-0.25, -0.2) is 0 Å². The van der Waals surface area contributed by atoms with Crippen LogP contribution >= 0.6 is 22.9 Å². The predicted octanol–water partition coefficient (Wildman–Crippen LogP) is 4.81. The van der Waals surface area contributed by atoms with Crippen molar-refractivity contribution in [1.29, 1.82) is 0 Å². The highest BCUT2D eigenvalue weighted by Gasteiger charge is 2.19. The summed E-state index contributed by atoms with van der Waals surface area (Å²) in [5.74, 6) is 0.872. The van der Waals surface area contributed by atoms with Gasteiger partial charge in [0.25, 0.3) is 0 Å². The molecule has 1 atom stereocenters. The fourth-order valence-corrected chi connectivity index (χ4v) is 3.49. The first kappa shape index (κ1) is 15.4. The molecule has 2 rings (SSSR count). The Kier molecular flexibility index (Phi) is 5.46. The van der Waals surface area contributed by atoms with Crippen molar-refractivity contribution in [3.05, 3.63) is 50.7 Å². The van der Waals surface area contributed by atoms with Crippen LogP contribution in [0.4, 0.5) is 0 Å². The standard InChI is InChI=1S/C16H20ClNOS/c1-4-9-18-15(16-14(17)11(2)10-20-16)12-5-7-13(19-3)8-6-12/h5-8,10,15,18H,4,9H2,1-3H3. The second-order valence-corrected chi connectivity index (χ2v) is 6.05. The average molecular weight is 310 g/mol. The molecule has 0 spiro atoms. The molecule has 1 aromatic carbocycles. The van der Waals surface area contributed by atoms with Gasteiger partial charge in [0.2, 0.25) is 0 Å². The Labute approximate surface area is 129 Å². The highest BCUT2D eigenvalue weighted by molar-refractivity contribution is 7.10. The Morgan fingerprint density at radius 1 is 1.30 bits per heavy atom. The smallest absolute Gasteiger partial charge is 0.118 e. The Hall–Kier alpha value is -1.03. The quantitative estimate of drug-likeness (QED) is 0.827. The number of methoxy groups -OCH3 is 1. The molecule has 1 unspecified atom stereocenters. The summed E-state index contributed by atoms with van der Waals surface area (Å²) in [6.07, 6.45) is 1.09. The zero-order valence-corrected chi connectivity index (χ0v) is 13.6. The van der Waals surface area contributed by atoms with Gasteiger partial charge in [0, 0.05) is 4.88 Å². The van der Waals surface area contributed by atoms with E-state index in [1.165, 1.54) is 10.4 Å². The molecule has 4 heteroatoms. The minimum atomic E-state index is 0.145. The molecule has 0 aliphatic rings. The van der Waals surface area contributed by atoms with Gasteiger partial charge in [0.15, 0.2) is 0 Å². The Morgan fingerprint density at radius 2 is 2.00 bits per heavy atom. The predicted molar refractivity (Wildman–Crippen MR) is 87.2 cm³/mol. The van der Waals surface area contributed by atoms with Gasteiger partial charge < -0.3 is 10.1 Å². The molecule has 0 radical (unpaired) electrons. The van der Waals surface area contributed by atoms with Gasteiger partial charge in [0.05, 0.1) is 18.2 Å². The van der Waals surface area contributed by atoms with E-state index < -0.39 is 0 Å². The van der Waals surface area contributed by atoms with Gasteiger partial charge in [-0.2, -0.15) is 0 Å². The maximum Gasteiger partial charge on any atom is 0.118 e. The molecule has 1 aromatic heterocycles. The van der Waals surface area contributed by atoms with Crippen molar-refractivity contribution < 1.29 is 4.74 Å². The first-order valence-corrected chi connectivity index (χ1v) is 8.04. The summed E-state index contributed by atoms with van der Waals surface area (Å²) in [5.41, 5.74) is 2.35. The summed E-state index contributed by atoms with van der Waals surface area (Å²) in [6.45, 7) is 5.18. The first-order valence-electron chi connectivity index (χ1n) is 6.78. The molecule has 0 saturated heterocycles. The lowest BCUT2D eigenvalue weighted by molar-refractivity contribution is 0.414. The van der Waals surface area contributed by atoms with Crippen LogP contribution in [0.1, 0.15) is 35.4 Å². The number of thiophene rings is 1. The minimum absolute atomic E-state index is 0.145. The number of hydrogen-bond donors (Lipinski definition) is 1. The van der Waals surface area contributed by atoms with Crippen molar-refractivity contribution in [2.75, 3.05) is 13.7 Å². The molecule has 1 N–H and O–H groups in total. The van der Waals surface area contributed by atoms with E-state index in [0.29, 0.717) is 0 Å². The van der Waals surface area contributed by atoms with Crippen molar-refractivity contribution in [3.63, 3.8) is 0 Å². The van der Waals surface area contributed by atoms with E-state index in [9.17, 15) is 0 Å². The number of hydrogen-bond acceptors (Lipinski definition) is 3. The van der Waals surface area contributed by atoms with Crippen LogP contribution in [0.2, 0.25) is 5.02 Å². The summed E-state index contributed by atoms with van der Waals surface area (Å²) in [6, 6.07) is 8.32. The van der Waals surface area contributed by atoms with Gasteiger partial charge in [0.1, 0.15) is 5.75 Å². The van der Waals surface area contributed by atoms with Crippen molar-refractivity contribution >= 4 is 22.9 Å². The molecule has 108 valence electrons. The molecular weight excluding hydrogens is 290 g/mol. The second-order valence-electron chi connectivity index (χ2n) is 4.76. The second kappa shape index (κ2) is 7.11. The van der Waals surface area contributed by atoms with E-state index >= 15 is 0 Å². The van der Waals surface area contributed by atoms with Crippen LogP contribution in [0.15, 0.2) is 29.6 Å². The van der Waals surface area contributed by atoms with Crippen molar-refractivity contribution in [1.82, 2.24) is 5.32 Å². The Balaban J connectivity index is 2.33. The summed E-state index contributed by atoms with van der Waals surface area (Å²) < 4.78 is 5.22. The lowest BCUT2D eigenvalue weighted by atomic mass is 10.0. The molecule has 0 aliphatic carbocycles. The Morgan fingerprint density at radius 3 is 2.50 bits per heavy atom. The normalized spacial score (nSPS) is 12.4.